The molecule has 1 saturated carbocycles. The number of fused-ring (bicyclic) bond motifs is 1. The van der Waals surface area contributed by atoms with Crippen molar-refractivity contribution in [3.8, 4) is 0 Å². The van der Waals surface area contributed by atoms with Gasteiger partial charge in [0.1, 0.15) is 9.34 Å². The first-order chi connectivity index (χ1) is 8.97. The maximum absolute atomic E-state index is 11.8. The van der Waals surface area contributed by atoms with E-state index >= 15 is 0 Å². The number of halogens is 2. The molecule has 6 heteroatoms. The molecule has 1 heterocycles. The van der Waals surface area contributed by atoms with Gasteiger partial charge in [-0.1, -0.05) is 12.1 Å². The van der Waals surface area contributed by atoms with Gasteiger partial charge in [-0.25, -0.2) is 4.98 Å². The van der Waals surface area contributed by atoms with Crippen LogP contribution >= 0.6 is 34.5 Å². The van der Waals surface area contributed by atoms with Gasteiger partial charge in [0.15, 0.2) is 6.10 Å². The molecule has 1 aromatic heterocycles. The number of para-hydroxylation sites is 1. The van der Waals surface area contributed by atoms with Gasteiger partial charge in [0, 0.05) is 0 Å². The Balaban J connectivity index is 1.73. The van der Waals surface area contributed by atoms with Crippen molar-refractivity contribution < 1.29 is 9.53 Å². The summed E-state index contributed by atoms with van der Waals surface area (Å²) in [5, 5.41) is 0.782. The standard InChI is InChI=1S/C13H11Cl2NO2S/c1-7(18-12(17)8-6-13(8,14)15)11-16-9-4-2-3-5-10(9)19-11/h2-5,7-8H,6H2,1H3. The highest BCUT2D eigenvalue weighted by Crippen LogP contribution is 2.54. The Morgan fingerprint density at radius 1 is 1.53 bits per heavy atom. The van der Waals surface area contributed by atoms with Crippen LogP contribution < -0.4 is 0 Å². The molecule has 100 valence electrons. The van der Waals surface area contributed by atoms with Crippen molar-refractivity contribution >= 4 is 50.7 Å². The van der Waals surface area contributed by atoms with Gasteiger partial charge in [0.25, 0.3) is 0 Å². The lowest BCUT2D eigenvalue weighted by atomic mass is 10.3. The maximum Gasteiger partial charge on any atom is 0.312 e. The van der Waals surface area contributed by atoms with E-state index in [1.807, 2.05) is 31.2 Å². The fraction of sp³-hybridized carbons (Fsp3) is 0.385. The molecule has 0 spiro atoms. The molecule has 2 aromatic rings. The van der Waals surface area contributed by atoms with E-state index in [4.69, 9.17) is 27.9 Å². The topological polar surface area (TPSA) is 39.2 Å². The monoisotopic (exact) mass is 315 g/mol. The van der Waals surface area contributed by atoms with Crippen LogP contribution in [0.4, 0.5) is 0 Å². The van der Waals surface area contributed by atoms with Gasteiger partial charge in [-0.05, 0) is 25.5 Å². The van der Waals surface area contributed by atoms with Crippen molar-refractivity contribution in [2.24, 2.45) is 5.92 Å². The highest BCUT2D eigenvalue weighted by molar-refractivity contribution is 7.18. The number of carbonyl (C=O) groups is 1. The van der Waals surface area contributed by atoms with Crippen LogP contribution in [0.1, 0.15) is 24.5 Å². The first-order valence-corrected chi connectivity index (χ1v) is 7.48. The fourth-order valence-corrected chi connectivity index (χ4v) is 3.27. The molecule has 2 atom stereocenters. The number of aromatic nitrogens is 1. The van der Waals surface area contributed by atoms with Gasteiger partial charge < -0.3 is 4.74 Å². The van der Waals surface area contributed by atoms with Crippen molar-refractivity contribution in [3.63, 3.8) is 0 Å². The average Bonchev–Trinajstić information content (AvgIpc) is 2.84. The summed E-state index contributed by atoms with van der Waals surface area (Å²) >= 11 is 13.2. The Morgan fingerprint density at radius 2 is 2.21 bits per heavy atom. The molecule has 1 fully saturated rings. The number of hydrogen-bond donors (Lipinski definition) is 0. The van der Waals surface area contributed by atoms with Crippen LogP contribution in [0.25, 0.3) is 10.2 Å². The minimum absolute atomic E-state index is 0.350. The predicted molar refractivity (Wildman–Crippen MR) is 76.7 cm³/mol. The summed E-state index contributed by atoms with van der Waals surface area (Å²) in [5.74, 6) is -0.760. The van der Waals surface area contributed by atoms with Gasteiger partial charge in [0.05, 0.1) is 16.1 Å². The molecular formula is C13H11Cl2NO2S. The van der Waals surface area contributed by atoms with Crippen LogP contribution in [0.3, 0.4) is 0 Å². The average molecular weight is 316 g/mol. The SMILES string of the molecule is CC(OC(=O)C1CC1(Cl)Cl)c1nc2ccccc2s1. The highest BCUT2D eigenvalue weighted by Gasteiger charge is 2.57. The summed E-state index contributed by atoms with van der Waals surface area (Å²) in [6.07, 6.45) is 0.0799. The molecule has 3 rings (SSSR count). The van der Waals surface area contributed by atoms with Crippen LogP contribution in [-0.4, -0.2) is 15.3 Å². The first kappa shape index (κ1) is 13.2. The maximum atomic E-state index is 11.8. The lowest BCUT2D eigenvalue weighted by Gasteiger charge is -2.10. The quantitative estimate of drug-likeness (QED) is 0.632. The van der Waals surface area contributed by atoms with Gasteiger partial charge in [-0.3, -0.25) is 4.79 Å². The van der Waals surface area contributed by atoms with Crippen molar-refractivity contribution in [2.75, 3.05) is 0 Å². The third-order valence-electron chi connectivity index (χ3n) is 3.06. The van der Waals surface area contributed by atoms with E-state index < -0.39 is 10.3 Å². The van der Waals surface area contributed by atoms with E-state index in [2.05, 4.69) is 4.98 Å². The number of alkyl halides is 2. The van der Waals surface area contributed by atoms with E-state index in [0.29, 0.717) is 6.42 Å². The minimum atomic E-state index is -0.940. The lowest BCUT2D eigenvalue weighted by molar-refractivity contribution is -0.150. The van der Waals surface area contributed by atoms with Gasteiger partial charge >= 0.3 is 5.97 Å². The number of carbonyl (C=O) groups excluding carboxylic acids is 1. The molecule has 19 heavy (non-hydrogen) atoms. The second kappa shape index (κ2) is 4.62. The molecule has 1 aromatic carbocycles. The molecule has 1 aliphatic rings. The molecule has 3 nitrogen and oxygen atoms in total. The molecule has 1 aliphatic carbocycles. The molecule has 0 radical (unpaired) electrons. The number of thiazole rings is 1. The lowest BCUT2D eigenvalue weighted by Crippen LogP contribution is -2.13. The summed E-state index contributed by atoms with van der Waals surface area (Å²) < 4.78 is 5.51. The smallest absolute Gasteiger partial charge is 0.312 e. The van der Waals surface area contributed by atoms with Crippen molar-refractivity contribution in [2.45, 2.75) is 23.8 Å². The second-order valence-corrected chi connectivity index (χ2v) is 7.22. The Morgan fingerprint density at radius 3 is 2.84 bits per heavy atom. The van der Waals surface area contributed by atoms with E-state index in [1.165, 1.54) is 11.3 Å². The van der Waals surface area contributed by atoms with E-state index in [0.717, 1.165) is 15.2 Å². The second-order valence-electron chi connectivity index (χ2n) is 4.62. The Kier molecular flexibility index (Phi) is 3.20. The third kappa shape index (κ3) is 2.57. The molecule has 0 saturated heterocycles. The van der Waals surface area contributed by atoms with E-state index in [9.17, 15) is 4.79 Å². The molecular weight excluding hydrogens is 305 g/mol. The highest BCUT2D eigenvalue weighted by atomic mass is 35.5. The van der Waals surface area contributed by atoms with E-state index in [-0.39, 0.29) is 12.1 Å². The minimum Gasteiger partial charge on any atom is -0.455 e. The first-order valence-electron chi connectivity index (χ1n) is 5.91. The van der Waals surface area contributed by atoms with Crippen LogP contribution in [0, 0.1) is 5.92 Å². The molecule has 2 unspecified atom stereocenters. The number of esters is 1. The van der Waals surface area contributed by atoms with Crippen molar-refractivity contribution in [1.29, 1.82) is 0 Å². The molecule has 0 N–H and O–H groups in total. The zero-order chi connectivity index (χ0) is 13.6. The van der Waals surface area contributed by atoms with Crippen LogP contribution in [0.15, 0.2) is 24.3 Å². The van der Waals surface area contributed by atoms with Crippen LogP contribution in [0.5, 0.6) is 0 Å². The summed E-state index contributed by atoms with van der Waals surface area (Å²) in [6, 6.07) is 7.82. The normalized spacial score (nSPS) is 22.2. The van der Waals surface area contributed by atoms with Gasteiger partial charge in [0.2, 0.25) is 0 Å². The van der Waals surface area contributed by atoms with Crippen molar-refractivity contribution in [1.82, 2.24) is 4.98 Å². The number of benzene rings is 1. The number of rotatable bonds is 3. The van der Waals surface area contributed by atoms with Gasteiger partial charge in [-0.2, -0.15) is 0 Å². The fourth-order valence-electron chi connectivity index (χ4n) is 1.84. The number of ether oxygens (including phenoxy) is 1. The summed E-state index contributed by atoms with van der Waals surface area (Å²) in [6.45, 7) is 1.81. The Hall–Kier alpha value is -0.840. The van der Waals surface area contributed by atoms with E-state index in [1.54, 1.807) is 0 Å². The zero-order valence-corrected chi connectivity index (χ0v) is 12.4. The van der Waals surface area contributed by atoms with Crippen LogP contribution in [-0.2, 0) is 9.53 Å². The molecule has 0 bridgehead atoms. The summed E-state index contributed by atoms with van der Waals surface area (Å²) in [4.78, 5) is 16.3. The Bertz CT molecular complexity index is 607. The number of hydrogen-bond acceptors (Lipinski definition) is 4. The summed E-state index contributed by atoms with van der Waals surface area (Å²) in [5.41, 5.74) is 0.917. The molecule has 0 amide bonds. The zero-order valence-electron chi connectivity index (χ0n) is 10.1. The Labute approximate surface area is 124 Å². The number of nitrogens with zero attached hydrogens (tertiary/aromatic N) is 1. The predicted octanol–water partition coefficient (Wildman–Crippen LogP) is 4.09. The van der Waals surface area contributed by atoms with Crippen molar-refractivity contribution in [3.05, 3.63) is 29.3 Å². The van der Waals surface area contributed by atoms with Crippen LogP contribution in [0.2, 0.25) is 0 Å². The van der Waals surface area contributed by atoms with Gasteiger partial charge in [-0.15, -0.1) is 34.5 Å². The summed E-state index contributed by atoms with van der Waals surface area (Å²) in [7, 11) is 0. The third-order valence-corrected chi connectivity index (χ3v) is 5.09. The molecule has 0 aliphatic heterocycles. The largest absolute Gasteiger partial charge is 0.455 e.